The minimum Gasteiger partial charge on any atom is -0.493 e. The van der Waals surface area contributed by atoms with E-state index in [9.17, 15) is 4.79 Å². The second kappa shape index (κ2) is 5.39. The lowest BCUT2D eigenvalue weighted by Gasteiger charge is -2.13. The number of carbonyl (C=O) groups is 1. The van der Waals surface area contributed by atoms with Gasteiger partial charge in [0.15, 0.2) is 6.29 Å². The Hall–Kier alpha value is -1.51. The molecule has 3 nitrogen and oxygen atoms in total. The Morgan fingerprint density at radius 3 is 2.40 bits per heavy atom. The molecule has 1 aromatic carbocycles. The molecule has 0 saturated heterocycles. The molecule has 0 spiro atoms. The molecule has 82 valence electrons. The molecule has 0 saturated carbocycles. The van der Waals surface area contributed by atoms with Gasteiger partial charge in [-0.25, -0.2) is 0 Å². The molecule has 0 heterocycles. The van der Waals surface area contributed by atoms with Gasteiger partial charge in [0, 0.05) is 0 Å². The van der Waals surface area contributed by atoms with E-state index < -0.39 is 0 Å². The topological polar surface area (TPSA) is 35.5 Å². The van der Waals surface area contributed by atoms with Crippen molar-refractivity contribution >= 4 is 6.29 Å². The fourth-order valence-electron chi connectivity index (χ4n) is 1.42. The highest BCUT2D eigenvalue weighted by Gasteiger charge is 2.12. The van der Waals surface area contributed by atoms with Gasteiger partial charge in [-0.15, -0.1) is 0 Å². The van der Waals surface area contributed by atoms with Gasteiger partial charge in [0.1, 0.15) is 11.5 Å². The maximum Gasteiger partial charge on any atom is 0.157 e. The molecular formula is C12H16O3. The van der Waals surface area contributed by atoms with E-state index in [2.05, 4.69) is 0 Å². The number of ether oxygens (including phenoxy) is 2. The van der Waals surface area contributed by atoms with Gasteiger partial charge in [-0.2, -0.15) is 0 Å². The first-order chi connectivity index (χ1) is 7.24. The molecule has 0 bridgehead atoms. The molecule has 0 atom stereocenters. The first kappa shape index (κ1) is 11.6. The summed E-state index contributed by atoms with van der Waals surface area (Å²) in [5, 5.41) is 0. The van der Waals surface area contributed by atoms with Crippen LogP contribution < -0.4 is 9.47 Å². The zero-order chi connectivity index (χ0) is 11.3. The SMILES string of the molecule is CCOc1ccc(C)c(OCC)c1C=O. The van der Waals surface area contributed by atoms with Crippen LogP contribution in [0.25, 0.3) is 0 Å². The summed E-state index contributed by atoms with van der Waals surface area (Å²) in [7, 11) is 0. The van der Waals surface area contributed by atoms with Crippen LogP contribution in [-0.4, -0.2) is 19.5 Å². The lowest BCUT2D eigenvalue weighted by atomic mass is 10.1. The second-order valence-electron chi connectivity index (χ2n) is 3.11. The average Bonchev–Trinajstić information content (AvgIpc) is 2.24. The molecule has 1 rings (SSSR count). The highest BCUT2D eigenvalue weighted by Crippen LogP contribution is 2.30. The van der Waals surface area contributed by atoms with Crippen molar-refractivity contribution in [1.82, 2.24) is 0 Å². The molecule has 15 heavy (non-hydrogen) atoms. The molecule has 0 unspecified atom stereocenters. The lowest BCUT2D eigenvalue weighted by molar-refractivity contribution is 0.111. The maximum atomic E-state index is 11.0. The van der Waals surface area contributed by atoms with E-state index in [4.69, 9.17) is 9.47 Å². The molecule has 0 radical (unpaired) electrons. The summed E-state index contributed by atoms with van der Waals surface area (Å²) in [5.41, 5.74) is 1.45. The summed E-state index contributed by atoms with van der Waals surface area (Å²) in [6.07, 6.45) is 0.781. The Balaban J connectivity index is 3.20. The van der Waals surface area contributed by atoms with Crippen LogP contribution in [0.3, 0.4) is 0 Å². The number of hydrogen-bond donors (Lipinski definition) is 0. The van der Waals surface area contributed by atoms with Crippen molar-refractivity contribution in [3.8, 4) is 11.5 Å². The van der Waals surface area contributed by atoms with Crippen LogP contribution in [0.2, 0.25) is 0 Å². The highest BCUT2D eigenvalue weighted by molar-refractivity contribution is 5.84. The Bertz CT molecular complexity index is 345. The zero-order valence-corrected chi connectivity index (χ0v) is 9.37. The van der Waals surface area contributed by atoms with E-state index in [1.54, 1.807) is 6.07 Å². The quantitative estimate of drug-likeness (QED) is 0.698. The molecule has 3 heteroatoms. The molecular weight excluding hydrogens is 192 g/mol. The van der Waals surface area contributed by atoms with Crippen molar-refractivity contribution in [2.24, 2.45) is 0 Å². The van der Waals surface area contributed by atoms with Crippen LogP contribution in [0.5, 0.6) is 11.5 Å². The van der Waals surface area contributed by atoms with Gasteiger partial charge in [0.2, 0.25) is 0 Å². The van der Waals surface area contributed by atoms with E-state index in [-0.39, 0.29) is 0 Å². The fraction of sp³-hybridized carbons (Fsp3) is 0.417. The minimum absolute atomic E-state index is 0.499. The molecule has 0 aliphatic rings. The van der Waals surface area contributed by atoms with Gasteiger partial charge < -0.3 is 9.47 Å². The molecule has 0 aliphatic heterocycles. The number of rotatable bonds is 5. The summed E-state index contributed by atoms with van der Waals surface area (Å²) in [6.45, 7) is 6.76. The number of hydrogen-bond acceptors (Lipinski definition) is 3. The summed E-state index contributed by atoms with van der Waals surface area (Å²) in [6, 6.07) is 3.69. The zero-order valence-electron chi connectivity index (χ0n) is 9.37. The van der Waals surface area contributed by atoms with Crippen LogP contribution in [0.4, 0.5) is 0 Å². The monoisotopic (exact) mass is 208 g/mol. The standard InChI is InChI=1S/C12H16O3/c1-4-14-11-7-6-9(3)12(15-5-2)10(11)8-13/h6-8H,4-5H2,1-3H3. The van der Waals surface area contributed by atoms with Crippen molar-refractivity contribution in [2.75, 3.05) is 13.2 Å². The molecule has 0 N–H and O–H groups in total. The smallest absolute Gasteiger partial charge is 0.157 e. The lowest BCUT2D eigenvalue weighted by Crippen LogP contribution is -2.02. The van der Waals surface area contributed by atoms with E-state index in [1.165, 1.54) is 0 Å². The molecule has 1 aromatic rings. The summed E-state index contributed by atoms with van der Waals surface area (Å²) >= 11 is 0. The predicted molar refractivity (Wildman–Crippen MR) is 58.9 cm³/mol. The van der Waals surface area contributed by atoms with Crippen molar-refractivity contribution < 1.29 is 14.3 Å². The summed E-state index contributed by atoms with van der Waals surface area (Å²) in [4.78, 5) is 11.0. The van der Waals surface area contributed by atoms with Crippen LogP contribution in [0, 0.1) is 6.92 Å². The van der Waals surface area contributed by atoms with Gasteiger partial charge in [0.25, 0.3) is 0 Å². The van der Waals surface area contributed by atoms with Gasteiger partial charge in [-0.1, -0.05) is 6.07 Å². The van der Waals surface area contributed by atoms with E-state index in [0.29, 0.717) is 30.3 Å². The maximum absolute atomic E-state index is 11.0. The Morgan fingerprint density at radius 1 is 1.20 bits per heavy atom. The number of carbonyl (C=O) groups excluding carboxylic acids is 1. The van der Waals surface area contributed by atoms with Gasteiger partial charge >= 0.3 is 0 Å². The van der Waals surface area contributed by atoms with Crippen molar-refractivity contribution in [3.05, 3.63) is 23.3 Å². The van der Waals surface area contributed by atoms with Crippen LogP contribution in [0.1, 0.15) is 29.8 Å². The van der Waals surface area contributed by atoms with Gasteiger partial charge in [0.05, 0.1) is 18.8 Å². The second-order valence-corrected chi connectivity index (χ2v) is 3.11. The number of benzene rings is 1. The minimum atomic E-state index is 0.499. The average molecular weight is 208 g/mol. The number of aldehydes is 1. The number of aryl methyl sites for hydroxylation is 1. The Kier molecular flexibility index (Phi) is 4.16. The normalized spacial score (nSPS) is 9.80. The van der Waals surface area contributed by atoms with E-state index in [0.717, 1.165) is 11.8 Å². The molecule has 0 amide bonds. The first-order valence-corrected chi connectivity index (χ1v) is 5.08. The largest absolute Gasteiger partial charge is 0.493 e. The van der Waals surface area contributed by atoms with Gasteiger partial charge in [-0.3, -0.25) is 4.79 Å². The van der Waals surface area contributed by atoms with Crippen molar-refractivity contribution in [1.29, 1.82) is 0 Å². The first-order valence-electron chi connectivity index (χ1n) is 5.08. The van der Waals surface area contributed by atoms with Crippen LogP contribution >= 0.6 is 0 Å². The third kappa shape index (κ3) is 2.49. The van der Waals surface area contributed by atoms with Gasteiger partial charge in [-0.05, 0) is 32.4 Å². The summed E-state index contributed by atoms with van der Waals surface area (Å²) < 4.78 is 10.8. The van der Waals surface area contributed by atoms with E-state index >= 15 is 0 Å². The fourth-order valence-corrected chi connectivity index (χ4v) is 1.42. The highest BCUT2D eigenvalue weighted by atomic mass is 16.5. The molecule has 0 aromatic heterocycles. The third-order valence-electron chi connectivity index (χ3n) is 2.06. The van der Waals surface area contributed by atoms with Crippen molar-refractivity contribution in [3.63, 3.8) is 0 Å². The van der Waals surface area contributed by atoms with Crippen molar-refractivity contribution in [2.45, 2.75) is 20.8 Å². The predicted octanol–water partition coefficient (Wildman–Crippen LogP) is 2.60. The third-order valence-corrected chi connectivity index (χ3v) is 2.06. The molecule has 0 aliphatic carbocycles. The molecule has 0 fully saturated rings. The van der Waals surface area contributed by atoms with Crippen LogP contribution in [0.15, 0.2) is 12.1 Å². The van der Waals surface area contributed by atoms with Crippen LogP contribution in [-0.2, 0) is 0 Å². The summed E-state index contributed by atoms with van der Waals surface area (Å²) in [5.74, 6) is 1.21. The Labute approximate surface area is 90.0 Å². The Morgan fingerprint density at radius 2 is 1.87 bits per heavy atom. The van der Waals surface area contributed by atoms with E-state index in [1.807, 2.05) is 26.8 Å².